The van der Waals surface area contributed by atoms with E-state index in [4.69, 9.17) is 9.47 Å². The van der Waals surface area contributed by atoms with Crippen LogP contribution in [0.5, 0.6) is 11.5 Å². The zero-order chi connectivity index (χ0) is 24.5. The van der Waals surface area contributed by atoms with E-state index in [-0.39, 0.29) is 24.5 Å². The fourth-order valence-electron chi connectivity index (χ4n) is 3.11. The number of para-hydroxylation sites is 2. The van der Waals surface area contributed by atoms with Crippen LogP contribution in [0.4, 0.5) is 11.4 Å². The first-order valence-electron chi connectivity index (χ1n) is 10.7. The van der Waals surface area contributed by atoms with E-state index in [0.717, 1.165) is 0 Å². The molecule has 0 atom stereocenters. The average molecular weight is 462 g/mol. The largest absolute Gasteiger partial charge is 0.493 e. The van der Waals surface area contributed by atoms with Crippen LogP contribution in [0.15, 0.2) is 72.8 Å². The summed E-state index contributed by atoms with van der Waals surface area (Å²) in [5, 5.41) is 8.37. The van der Waals surface area contributed by atoms with Crippen molar-refractivity contribution in [2.45, 2.75) is 19.9 Å². The zero-order valence-corrected chi connectivity index (χ0v) is 19.3. The van der Waals surface area contributed by atoms with Gasteiger partial charge in [-0.25, -0.2) is 0 Å². The highest BCUT2D eigenvalue weighted by Gasteiger charge is 2.15. The number of carbonyl (C=O) groups excluding carboxylic acids is 3. The van der Waals surface area contributed by atoms with Crippen LogP contribution in [0, 0.1) is 0 Å². The van der Waals surface area contributed by atoms with E-state index in [1.807, 2.05) is 19.9 Å². The van der Waals surface area contributed by atoms with Gasteiger partial charge in [0.1, 0.15) is 0 Å². The maximum absolute atomic E-state index is 12.9. The number of amides is 3. The lowest BCUT2D eigenvalue weighted by atomic mass is 10.1. The Hall–Kier alpha value is -4.33. The summed E-state index contributed by atoms with van der Waals surface area (Å²) in [6.45, 7) is 3.54. The van der Waals surface area contributed by atoms with E-state index in [2.05, 4.69) is 16.0 Å². The zero-order valence-electron chi connectivity index (χ0n) is 19.3. The fraction of sp³-hybridized carbons (Fsp3) is 0.192. The van der Waals surface area contributed by atoms with Crippen LogP contribution in [-0.4, -0.2) is 37.5 Å². The minimum Gasteiger partial charge on any atom is -0.493 e. The Bertz CT molecular complexity index is 1160. The third-order valence-electron chi connectivity index (χ3n) is 4.69. The minimum atomic E-state index is -0.399. The molecule has 0 heterocycles. The van der Waals surface area contributed by atoms with Gasteiger partial charge in [0.05, 0.1) is 18.5 Å². The van der Waals surface area contributed by atoms with Crippen molar-refractivity contribution in [1.29, 1.82) is 0 Å². The Morgan fingerprint density at radius 3 is 1.94 bits per heavy atom. The molecule has 176 valence electrons. The average Bonchev–Trinajstić information content (AvgIpc) is 2.83. The summed E-state index contributed by atoms with van der Waals surface area (Å²) < 4.78 is 10.9. The Kier molecular flexibility index (Phi) is 8.23. The predicted octanol–water partition coefficient (Wildman–Crippen LogP) is 4.10. The molecule has 0 bridgehead atoms. The van der Waals surface area contributed by atoms with Crippen molar-refractivity contribution >= 4 is 29.1 Å². The van der Waals surface area contributed by atoms with Gasteiger partial charge in [-0.2, -0.15) is 0 Å². The van der Waals surface area contributed by atoms with Crippen molar-refractivity contribution < 1.29 is 23.9 Å². The summed E-state index contributed by atoms with van der Waals surface area (Å²) in [6, 6.07) is 20.4. The van der Waals surface area contributed by atoms with E-state index in [0.29, 0.717) is 34.0 Å². The van der Waals surface area contributed by atoms with E-state index < -0.39 is 5.91 Å². The van der Waals surface area contributed by atoms with E-state index >= 15 is 0 Å². The molecule has 0 saturated heterocycles. The van der Waals surface area contributed by atoms with Gasteiger partial charge >= 0.3 is 0 Å². The lowest BCUT2D eigenvalue weighted by Crippen LogP contribution is -2.34. The summed E-state index contributed by atoms with van der Waals surface area (Å²) in [7, 11) is 1.45. The highest BCUT2D eigenvalue weighted by molar-refractivity contribution is 6.10. The van der Waals surface area contributed by atoms with Crippen molar-refractivity contribution in [2.75, 3.05) is 24.4 Å². The van der Waals surface area contributed by atoms with Crippen molar-refractivity contribution in [1.82, 2.24) is 5.32 Å². The molecule has 3 N–H and O–H groups in total. The quantitative estimate of drug-likeness (QED) is 0.445. The Balaban J connectivity index is 1.71. The normalized spacial score (nSPS) is 10.4. The molecule has 0 aliphatic heterocycles. The lowest BCUT2D eigenvalue weighted by molar-refractivity contribution is -0.123. The molecule has 0 saturated carbocycles. The molecule has 3 aromatic rings. The standard InChI is InChI=1S/C26H27N3O5/c1-17(2)27-24(30)16-34-22-14-13-19(15-23(22)33-3)26(32)29-21-12-8-7-11-20(21)28-25(31)18-9-5-4-6-10-18/h4-15,17H,16H2,1-3H3,(H,27,30)(H,28,31)(H,29,32). The van der Waals surface area contributed by atoms with Gasteiger partial charge in [-0.15, -0.1) is 0 Å². The first kappa shape index (κ1) is 24.3. The maximum Gasteiger partial charge on any atom is 0.258 e. The van der Waals surface area contributed by atoms with Gasteiger partial charge in [0.2, 0.25) is 0 Å². The van der Waals surface area contributed by atoms with Gasteiger partial charge in [-0.3, -0.25) is 14.4 Å². The van der Waals surface area contributed by atoms with Gasteiger partial charge in [-0.1, -0.05) is 30.3 Å². The number of rotatable bonds is 9. The third-order valence-corrected chi connectivity index (χ3v) is 4.69. The van der Waals surface area contributed by atoms with Crippen molar-refractivity contribution in [3.63, 3.8) is 0 Å². The van der Waals surface area contributed by atoms with E-state index in [1.54, 1.807) is 60.7 Å². The van der Waals surface area contributed by atoms with Gasteiger partial charge in [0, 0.05) is 17.2 Å². The molecule has 8 heteroatoms. The van der Waals surface area contributed by atoms with E-state index in [1.165, 1.54) is 13.2 Å². The molecule has 8 nitrogen and oxygen atoms in total. The van der Waals surface area contributed by atoms with Gasteiger partial charge < -0.3 is 25.4 Å². The topological polar surface area (TPSA) is 106 Å². The first-order chi connectivity index (χ1) is 16.4. The number of anilines is 2. The molecule has 0 radical (unpaired) electrons. The molecular weight excluding hydrogens is 434 g/mol. The molecule has 0 aliphatic carbocycles. The Labute approximate surface area is 198 Å². The van der Waals surface area contributed by atoms with Crippen molar-refractivity contribution in [2.24, 2.45) is 0 Å². The monoisotopic (exact) mass is 461 g/mol. The number of benzene rings is 3. The van der Waals surface area contributed by atoms with Crippen LogP contribution < -0.4 is 25.4 Å². The van der Waals surface area contributed by atoms with Gasteiger partial charge in [-0.05, 0) is 56.3 Å². The van der Waals surface area contributed by atoms with Crippen LogP contribution in [0.1, 0.15) is 34.6 Å². The molecule has 3 rings (SSSR count). The van der Waals surface area contributed by atoms with Crippen LogP contribution in [-0.2, 0) is 4.79 Å². The number of carbonyl (C=O) groups is 3. The Morgan fingerprint density at radius 1 is 0.765 bits per heavy atom. The predicted molar refractivity (Wildman–Crippen MR) is 131 cm³/mol. The smallest absolute Gasteiger partial charge is 0.258 e. The highest BCUT2D eigenvalue weighted by Crippen LogP contribution is 2.29. The molecular formula is C26H27N3O5. The second-order valence-corrected chi connectivity index (χ2v) is 7.70. The molecule has 3 aromatic carbocycles. The summed E-state index contributed by atoms with van der Waals surface area (Å²) in [5.74, 6) is -0.284. The first-order valence-corrected chi connectivity index (χ1v) is 10.7. The summed E-state index contributed by atoms with van der Waals surface area (Å²) in [4.78, 5) is 37.3. The summed E-state index contributed by atoms with van der Waals surface area (Å²) in [5.41, 5.74) is 1.74. The van der Waals surface area contributed by atoms with Gasteiger partial charge in [0.25, 0.3) is 17.7 Å². The van der Waals surface area contributed by atoms with Crippen LogP contribution in [0.25, 0.3) is 0 Å². The Morgan fingerprint density at radius 2 is 1.35 bits per heavy atom. The SMILES string of the molecule is COc1cc(C(=O)Nc2ccccc2NC(=O)c2ccccc2)ccc1OCC(=O)NC(C)C. The fourth-order valence-corrected chi connectivity index (χ4v) is 3.11. The molecule has 0 spiro atoms. The second kappa shape index (κ2) is 11.5. The summed E-state index contributed by atoms with van der Waals surface area (Å²) in [6.07, 6.45) is 0. The molecule has 0 aromatic heterocycles. The number of methoxy groups -OCH3 is 1. The number of ether oxygens (including phenoxy) is 2. The third kappa shape index (κ3) is 6.59. The van der Waals surface area contributed by atoms with Crippen molar-refractivity contribution in [3.8, 4) is 11.5 Å². The highest BCUT2D eigenvalue weighted by atomic mass is 16.5. The van der Waals surface area contributed by atoms with Gasteiger partial charge in [0.15, 0.2) is 18.1 Å². The molecule has 3 amide bonds. The number of hydrogen-bond acceptors (Lipinski definition) is 5. The van der Waals surface area contributed by atoms with Crippen LogP contribution in [0.2, 0.25) is 0 Å². The van der Waals surface area contributed by atoms with Crippen LogP contribution >= 0.6 is 0 Å². The number of nitrogens with one attached hydrogen (secondary N) is 3. The minimum absolute atomic E-state index is 0.00409. The van der Waals surface area contributed by atoms with Crippen molar-refractivity contribution in [3.05, 3.63) is 83.9 Å². The molecule has 0 aliphatic rings. The second-order valence-electron chi connectivity index (χ2n) is 7.70. The van der Waals surface area contributed by atoms with Crippen LogP contribution in [0.3, 0.4) is 0 Å². The van der Waals surface area contributed by atoms with E-state index in [9.17, 15) is 14.4 Å². The molecule has 34 heavy (non-hydrogen) atoms. The molecule has 0 unspecified atom stereocenters. The maximum atomic E-state index is 12.9. The molecule has 0 fully saturated rings. The summed E-state index contributed by atoms with van der Waals surface area (Å²) >= 11 is 0. The lowest BCUT2D eigenvalue weighted by Gasteiger charge is -2.14. The number of hydrogen-bond donors (Lipinski definition) is 3.